The molecule has 1 aromatic carbocycles. The smallest absolute Gasteiger partial charge is 0.255 e. The van der Waals surface area contributed by atoms with Crippen molar-refractivity contribution in [2.75, 3.05) is 7.05 Å². The summed E-state index contributed by atoms with van der Waals surface area (Å²) in [6.45, 7) is 1.60. The molecule has 0 radical (unpaired) electrons. The van der Waals surface area contributed by atoms with E-state index in [0.717, 1.165) is 0 Å². The zero-order valence-electron chi connectivity index (χ0n) is 8.87. The number of nitriles is 1. The molecule has 0 bridgehead atoms. The third-order valence-electron chi connectivity index (χ3n) is 2.27. The van der Waals surface area contributed by atoms with Crippen LogP contribution in [0, 0.1) is 17.1 Å². The first-order valence-electron chi connectivity index (χ1n) is 4.59. The van der Waals surface area contributed by atoms with Gasteiger partial charge in [-0.25, -0.2) is 4.39 Å². The van der Waals surface area contributed by atoms with E-state index in [9.17, 15) is 9.18 Å². The van der Waals surface area contributed by atoms with Gasteiger partial charge in [0.05, 0.1) is 16.1 Å². The summed E-state index contributed by atoms with van der Waals surface area (Å²) in [4.78, 5) is 13.2. The van der Waals surface area contributed by atoms with Gasteiger partial charge in [-0.1, -0.05) is 6.07 Å². The number of carbonyl (C=O) groups excluding carboxylic acids is 1. The van der Waals surface area contributed by atoms with E-state index < -0.39 is 11.9 Å². The average Bonchev–Trinajstić information content (AvgIpc) is 2.29. The van der Waals surface area contributed by atoms with Gasteiger partial charge in [-0.05, 0) is 35.0 Å². The maximum atomic E-state index is 13.2. The lowest BCUT2D eigenvalue weighted by Gasteiger charge is -2.20. The number of amides is 1. The van der Waals surface area contributed by atoms with E-state index in [0.29, 0.717) is 0 Å². The highest BCUT2D eigenvalue weighted by molar-refractivity contribution is 9.10. The second-order valence-corrected chi connectivity index (χ2v) is 4.12. The van der Waals surface area contributed by atoms with Gasteiger partial charge in [-0.15, -0.1) is 0 Å². The Hall–Kier alpha value is -1.41. The molecule has 84 valence electrons. The monoisotopic (exact) mass is 284 g/mol. The van der Waals surface area contributed by atoms with Crippen LogP contribution in [0.3, 0.4) is 0 Å². The van der Waals surface area contributed by atoms with Gasteiger partial charge >= 0.3 is 0 Å². The zero-order chi connectivity index (χ0) is 12.3. The number of hydrogen-bond donors (Lipinski definition) is 0. The van der Waals surface area contributed by atoms with Crippen molar-refractivity contribution in [2.24, 2.45) is 0 Å². The molecular formula is C11H10BrFN2O. The summed E-state index contributed by atoms with van der Waals surface area (Å²) in [6.07, 6.45) is 0. The molecule has 5 heteroatoms. The van der Waals surface area contributed by atoms with E-state index in [1.165, 1.54) is 30.1 Å². The molecule has 16 heavy (non-hydrogen) atoms. The first-order chi connectivity index (χ1) is 7.49. The predicted octanol–water partition coefficient (Wildman–Crippen LogP) is 2.57. The second-order valence-electron chi connectivity index (χ2n) is 3.32. The van der Waals surface area contributed by atoms with Crippen LogP contribution in [-0.4, -0.2) is 23.9 Å². The van der Waals surface area contributed by atoms with E-state index in [1.54, 1.807) is 6.92 Å². The van der Waals surface area contributed by atoms with Crippen LogP contribution in [0.4, 0.5) is 4.39 Å². The number of halogens is 2. The molecular weight excluding hydrogens is 275 g/mol. The molecule has 1 rings (SSSR count). The van der Waals surface area contributed by atoms with Gasteiger partial charge in [0.15, 0.2) is 0 Å². The van der Waals surface area contributed by atoms with Crippen LogP contribution in [0.15, 0.2) is 22.7 Å². The Morgan fingerprint density at radius 1 is 1.62 bits per heavy atom. The molecule has 1 amide bonds. The summed E-state index contributed by atoms with van der Waals surface area (Å²) in [5.41, 5.74) is 0.213. The summed E-state index contributed by atoms with van der Waals surface area (Å²) in [5.74, 6) is -0.885. The highest BCUT2D eigenvalue weighted by atomic mass is 79.9. The van der Waals surface area contributed by atoms with Crippen molar-refractivity contribution < 1.29 is 9.18 Å². The molecule has 0 aliphatic heterocycles. The molecule has 0 aromatic heterocycles. The first kappa shape index (κ1) is 12.7. The molecule has 3 nitrogen and oxygen atoms in total. The van der Waals surface area contributed by atoms with Crippen molar-refractivity contribution in [3.05, 3.63) is 34.1 Å². The normalized spacial score (nSPS) is 11.7. The van der Waals surface area contributed by atoms with Crippen LogP contribution in [0.2, 0.25) is 0 Å². The Balaban J connectivity index is 3.07. The maximum Gasteiger partial charge on any atom is 0.255 e. The molecule has 1 atom stereocenters. The number of carbonyl (C=O) groups is 1. The van der Waals surface area contributed by atoms with Crippen LogP contribution in [0.5, 0.6) is 0 Å². The van der Waals surface area contributed by atoms with Crippen molar-refractivity contribution in [1.82, 2.24) is 4.90 Å². The molecule has 1 aromatic rings. The lowest BCUT2D eigenvalue weighted by atomic mass is 10.2. The van der Waals surface area contributed by atoms with Gasteiger partial charge in [0.25, 0.3) is 5.91 Å². The van der Waals surface area contributed by atoms with E-state index in [-0.39, 0.29) is 15.9 Å². The fourth-order valence-electron chi connectivity index (χ4n) is 1.12. The van der Waals surface area contributed by atoms with Crippen molar-refractivity contribution in [1.29, 1.82) is 5.26 Å². The van der Waals surface area contributed by atoms with Gasteiger partial charge in [0.2, 0.25) is 0 Å². The quantitative estimate of drug-likeness (QED) is 0.838. The minimum atomic E-state index is -0.553. The Morgan fingerprint density at radius 3 is 2.81 bits per heavy atom. The summed E-state index contributed by atoms with van der Waals surface area (Å²) in [7, 11) is 1.51. The number of rotatable bonds is 2. The molecule has 0 aliphatic carbocycles. The summed E-state index contributed by atoms with van der Waals surface area (Å²) in [5, 5.41) is 8.70. The van der Waals surface area contributed by atoms with Crippen LogP contribution in [-0.2, 0) is 0 Å². The number of nitrogens with zero attached hydrogens (tertiary/aromatic N) is 2. The van der Waals surface area contributed by atoms with E-state index in [1.807, 2.05) is 6.07 Å². The lowest BCUT2D eigenvalue weighted by Crippen LogP contribution is -2.34. The van der Waals surface area contributed by atoms with Crippen molar-refractivity contribution >= 4 is 21.8 Å². The molecule has 0 fully saturated rings. The van der Waals surface area contributed by atoms with Crippen molar-refractivity contribution in [3.63, 3.8) is 0 Å². The standard InChI is InChI=1S/C11H10BrFN2O/c1-7(6-14)15(2)11(16)8-4-3-5-9(13)10(8)12/h3-5,7H,1-2H3. The molecule has 0 N–H and O–H groups in total. The molecule has 0 saturated heterocycles. The van der Waals surface area contributed by atoms with Crippen LogP contribution < -0.4 is 0 Å². The SMILES string of the molecule is CC(C#N)N(C)C(=O)c1cccc(F)c1Br. The lowest BCUT2D eigenvalue weighted by molar-refractivity contribution is 0.0771. The van der Waals surface area contributed by atoms with Crippen molar-refractivity contribution in [3.8, 4) is 6.07 Å². The molecule has 0 aliphatic rings. The Morgan fingerprint density at radius 2 is 2.25 bits per heavy atom. The topological polar surface area (TPSA) is 44.1 Å². The third-order valence-corrected chi connectivity index (χ3v) is 3.08. The molecule has 0 heterocycles. The van der Waals surface area contributed by atoms with Gasteiger partial charge in [0, 0.05) is 7.05 Å². The molecule has 0 saturated carbocycles. The van der Waals surface area contributed by atoms with Gasteiger partial charge in [-0.2, -0.15) is 5.26 Å². The van der Waals surface area contributed by atoms with Crippen molar-refractivity contribution in [2.45, 2.75) is 13.0 Å². The Bertz CT molecular complexity index is 456. The second kappa shape index (κ2) is 5.08. The maximum absolute atomic E-state index is 13.2. The predicted molar refractivity (Wildman–Crippen MR) is 61.3 cm³/mol. The summed E-state index contributed by atoms with van der Waals surface area (Å²) in [6, 6.07) is 5.62. The molecule has 0 spiro atoms. The Kier molecular flexibility index (Phi) is 4.02. The summed E-state index contributed by atoms with van der Waals surface area (Å²) < 4.78 is 13.3. The summed E-state index contributed by atoms with van der Waals surface area (Å²) >= 11 is 3.01. The molecule has 1 unspecified atom stereocenters. The van der Waals surface area contributed by atoms with E-state index >= 15 is 0 Å². The fourth-order valence-corrected chi connectivity index (χ4v) is 1.56. The zero-order valence-corrected chi connectivity index (χ0v) is 10.5. The van der Waals surface area contributed by atoms with Crippen LogP contribution in [0.1, 0.15) is 17.3 Å². The first-order valence-corrected chi connectivity index (χ1v) is 5.39. The van der Waals surface area contributed by atoms with Crippen LogP contribution >= 0.6 is 15.9 Å². The Labute approximate surface area is 102 Å². The van der Waals surface area contributed by atoms with E-state index in [2.05, 4.69) is 15.9 Å². The van der Waals surface area contributed by atoms with E-state index in [4.69, 9.17) is 5.26 Å². The largest absolute Gasteiger partial charge is 0.326 e. The third kappa shape index (κ3) is 2.39. The highest BCUT2D eigenvalue weighted by Gasteiger charge is 2.20. The highest BCUT2D eigenvalue weighted by Crippen LogP contribution is 2.21. The average molecular weight is 285 g/mol. The minimum Gasteiger partial charge on any atom is -0.326 e. The van der Waals surface area contributed by atoms with Crippen LogP contribution in [0.25, 0.3) is 0 Å². The van der Waals surface area contributed by atoms with Gasteiger partial charge in [-0.3, -0.25) is 4.79 Å². The minimum absolute atomic E-state index is 0.122. The number of hydrogen-bond acceptors (Lipinski definition) is 2. The van der Waals surface area contributed by atoms with Gasteiger partial charge in [0.1, 0.15) is 11.9 Å². The number of benzene rings is 1. The van der Waals surface area contributed by atoms with Gasteiger partial charge < -0.3 is 4.90 Å². The fraction of sp³-hybridized carbons (Fsp3) is 0.273.